The Hall–Kier alpha value is -2.87. The maximum atomic E-state index is 14.6. The van der Waals surface area contributed by atoms with Crippen molar-refractivity contribution in [1.82, 2.24) is 19.4 Å². The number of benzene rings is 1. The summed E-state index contributed by atoms with van der Waals surface area (Å²) >= 11 is 0. The Bertz CT molecular complexity index is 973. The lowest BCUT2D eigenvalue weighted by atomic mass is 10.1. The van der Waals surface area contributed by atoms with Crippen LogP contribution in [0, 0.1) is 18.6 Å². The van der Waals surface area contributed by atoms with Crippen LogP contribution in [0.4, 0.5) is 8.78 Å². The van der Waals surface area contributed by atoms with Gasteiger partial charge in [0.1, 0.15) is 28.7 Å². The molecule has 1 aliphatic heterocycles. The Morgan fingerprint density at radius 1 is 1.19 bits per heavy atom. The highest BCUT2D eigenvalue weighted by atomic mass is 19.1. The number of amides is 1. The molecular weight excluding hydrogens is 342 g/mol. The molecule has 8 heteroatoms. The fraction of sp³-hybridized carbons (Fsp3) is 0.278. The molecule has 0 unspecified atom stereocenters. The van der Waals surface area contributed by atoms with Crippen LogP contribution in [0.5, 0.6) is 0 Å². The average Bonchev–Trinajstić information content (AvgIpc) is 3.04. The minimum absolute atomic E-state index is 0.256. The molecule has 0 spiro atoms. The molecule has 0 atom stereocenters. The summed E-state index contributed by atoms with van der Waals surface area (Å²) in [5.74, 6) is -1.91. The molecule has 0 N–H and O–H groups in total. The first-order chi connectivity index (χ1) is 12.5. The molecule has 2 aromatic heterocycles. The first-order valence-electron chi connectivity index (χ1n) is 8.22. The number of fused-ring (bicyclic) bond motifs is 1. The number of ether oxygens (including phenoxy) is 1. The van der Waals surface area contributed by atoms with Crippen molar-refractivity contribution in [3.8, 4) is 5.69 Å². The van der Waals surface area contributed by atoms with E-state index in [0.29, 0.717) is 37.8 Å². The van der Waals surface area contributed by atoms with E-state index in [1.165, 1.54) is 4.90 Å². The monoisotopic (exact) mass is 358 g/mol. The van der Waals surface area contributed by atoms with Gasteiger partial charge in [-0.05, 0) is 25.1 Å². The molecule has 1 amide bonds. The fourth-order valence-electron chi connectivity index (χ4n) is 3.04. The summed E-state index contributed by atoms with van der Waals surface area (Å²) < 4.78 is 36.0. The van der Waals surface area contributed by atoms with E-state index in [2.05, 4.69) is 9.97 Å². The Morgan fingerprint density at radius 3 is 2.58 bits per heavy atom. The fourth-order valence-corrected chi connectivity index (χ4v) is 3.04. The van der Waals surface area contributed by atoms with Crippen molar-refractivity contribution < 1.29 is 18.3 Å². The maximum absolute atomic E-state index is 14.6. The van der Waals surface area contributed by atoms with Crippen molar-refractivity contribution in [3.05, 3.63) is 53.6 Å². The second-order valence-electron chi connectivity index (χ2n) is 6.07. The predicted octanol–water partition coefficient (Wildman–Crippen LogP) is 2.48. The average molecular weight is 358 g/mol. The Balaban J connectivity index is 1.75. The van der Waals surface area contributed by atoms with Gasteiger partial charge in [-0.25, -0.2) is 18.7 Å². The molecule has 1 saturated heterocycles. The number of carbonyl (C=O) groups excluding carboxylic acids is 1. The van der Waals surface area contributed by atoms with E-state index in [1.54, 1.807) is 30.0 Å². The summed E-state index contributed by atoms with van der Waals surface area (Å²) in [5.41, 5.74) is 0.258. The molecule has 3 aromatic rings. The van der Waals surface area contributed by atoms with Gasteiger partial charge in [0.25, 0.3) is 5.91 Å². The van der Waals surface area contributed by atoms with E-state index in [9.17, 15) is 13.6 Å². The number of hydrogen-bond acceptors (Lipinski definition) is 4. The van der Waals surface area contributed by atoms with E-state index in [0.717, 1.165) is 17.5 Å². The van der Waals surface area contributed by atoms with Gasteiger partial charge in [-0.15, -0.1) is 0 Å². The number of carbonyl (C=O) groups is 1. The van der Waals surface area contributed by atoms with Gasteiger partial charge in [0.2, 0.25) is 0 Å². The van der Waals surface area contributed by atoms with Crippen molar-refractivity contribution in [1.29, 1.82) is 0 Å². The number of rotatable bonds is 2. The second-order valence-corrected chi connectivity index (χ2v) is 6.07. The summed E-state index contributed by atoms with van der Waals surface area (Å²) in [4.78, 5) is 22.3. The first-order valence-corrected chi connectivity index (χ1v) is 8.22. The minimum Gasteiger partial charge on any atom is -0.378 e. The summed E-state index contributed by atoms with van der Waals surface area (Å²) in [7, 11) is 0. The van der Waals surface area contributed by atoms with Crippen LogP contribution in [0.15, 0.2) is 30.6 Å². The Labute approximate surface area is 148 Å². The molecule has 1 fully saturated rings. The molecule has 6 nitrogen and oxygen atoms in total. The molecule has 0 bridgehead atoms. The number of hydrogen-bond donors (Lipinski definition) is 0. The predicted molar refractivity (Wildman–Crippen MR) is 90.2 cm³/mol. The zero-order chi connectivity index (χ0) is 18.3. The molecular formula is C18H16F2N4O2. The van der Waals surface area contributed by atoms with E-state index in [-0.39, 0.29) is 5.69 Å². The largest absolute Gasteiger partial charge is 0.378 e. The van der Waals surface area contributed by atoms with Crippen molar-refractivity contribution in [2.45, 2.75) is 6.92 Å². The highest BCUT2D eigenvalue weighted by Gasteiger charge is 2.25. The molecule has 0 aliphatic carbocycles. The lowest BCUT2D eigenvalue weighted by Gasteiger charge is -2.27. The summed E-state index contributed by atoms with van der Waals surface area (Å²) in [6, 6.07) is 4.05. The number of halogens is 2. The number of morpholine rings is 1. The molecule has 0 saturated carbocycles. The highest BCUT2D eigenvalue weighted by molar-refractivity contribution is 5.95. The van der Waals surface area contributed by atoms with E-state index in [4.69, 9.17) is 4.74 Å². The first kappa shape index (κ1) is 16.6. The lowest BCUT2D eigenvalue weighted by Crippen LogP contribution is -2.41. The topological polar surface area (TPSA) is 60.2 Å². The van der Waals surface area contributed by atoms with Crippen LogP contribution in [-0.4, -0.2) is 51.6 Å². The van der Waals surface area contributed by atoms with Crippen LogP contribution in [0.2, 0.25) is 0 Å². The zero-order valence-electron chi connectivity index (χ0n) is 14.1. The van der Waals surface area contributed by atoms with E-state index in [1.807, 2.05) is 0 Å². The second kappa shape index (κ2) is 6.45. The standard InChI is InChI=1S/C18H16F2N4O2/c1-11-21-10-12-2-3-24(17(12)22-11)13-8-14(19)16(15(20)9-13)18(25)23-4-6-26-7-5-23/h2-3,8-10H,4-7H2,1H3. The molecule has 4 rings (SSSR count). The van der Waals surface area contributed by atoms with Crippen molar-refractivity contribution >= 4 is 16.9 Å². The number of nitrogens with zero attached hydrogens (tertiary/aromatic N) is 4. The van der Waals surface area contributed by atoms with Crippen LogP contribution >= 0.6 is 0 Å². The zero-order valence-corrected chi connectivity index (χ0v) is 14.1. The molecule has 0 radical (unpaired) electrons. The van der Waals surface area contributed by atoms with Crippen LogP contribution in [-0.2, 0) is 4.74 Å². The van der Waals surface area contributed by atoms with Crippen LogP contribution < -0.4 is 0 Å². The SMILES string of the molecule is Cc1ncc2ccn(-c3cc(F)c(C(=O)N4CCOCC4)c(F)c3)c2n1. The highest BCUT2D eigenvalue weighted by Crippen LogP contribution is 2.24. The Morgan fingerprint density at radius 2 is 1.88 bits per heavy atom. The molecule has 1 aliphatic rings. The van der Waals surface area contributed by atoms with Gasteiger partial charge in [-0.1, -0.05) is 0 Å². The third-order valence-electron chi connectivity index (χ3n) is 4.36. The smallest absolute Gasteiger partial charge is 0.259 e. The molecule has 134 valence electrons. The van der Waals surface area contributed by atoms with Crippen LogP contribution in [0.25, 0.3) is 16.7 Å². The van der Waals surface area contributed by atoms with Gasteiger partial charge < -0.3 is 14.2 Å². The summed E-state index contributed by atoms with van der Waals surface area (Å²) in [5, 5.41) is 0.755. The van der Waals surface area contributed by atoms with Crippen molar-refractivity contribution in [2.75, 3.05) is 26.3 Å². The van der Waals surface area contributed by atoms with E-state index >= 15 is 0 Å². The quantitative estimate of drug-likeness (QED) is 0.706. The van der Waals surface area contributed by atoms with Gasteiger partial charge in [0.15, 0.2) is 0 Å². The van der Waals surface area contributed by atoms with Gasteiger partial charge in [0, 0.05) is 30.9 Å². The third-order valence-corrected chi connectivity index (χ3v) is 4.36. The maximum Gasteiger partial charge on any atom is 0.259 e. The van der Waals surface area contributed by atoms with Crippen LogP contribution in [0.1, 0.15) is 16.2 Å². The minimum atomic E-state index is -0.899. The van der Waals surface area contributed by atoms with Gasteiger partial charge in [-0.2, -0.15) is 0 Å². The lowest BCUT2D eigenvalue weighted by molar-refractivity contribution is 0.0296. The van der Waals surface area contributed by atoms with Crippen molar-refractivity contribution in [2.24, 2.45) is 0 Å². The van der Waals surface area contributed by atoms with Gasteiger partial charge >= 0.3 is 0 Å². The van der Waals surface area contributed by atoms with Gasteiger partial charge in [-0.3, -0.25) is 4.79 Å². The molecule has 26 heavy (non-hydrogen) atoms. The third kappa shape index (κ3) is 2.82. The normalized spacial score (nSPS) is 14.8. The Kier molecular flexibility index (Phi) is 4.12. The van der Waals surface area contributed by atoms with Crippen LogP contribution in [0.3, 0.4) is 0 Å². The van der Waals surface area contributed by atoms with Gasteiger partial charge in [0.05, 0.1) is 18.9 Å². The number of aromatic nitrogens is 3. The summed E-state index contributed by atoms with van der Waals surface area (Å²) in [6.45, 7) is 3.10. The number of aryl methyl sites for hydroxylation is 1. The summed E-state index contributed by atoms with van der Waals surface area (Å²) in [6.07, 6.45) is 3.31. The van der Waals surface area contributed by atoms with E-state index < -0.39 is 23.1 Å². The van der Waals surface area contributed by atoms with Crippen molar-refractivity contribution in [3.63, 3.8) is 0 Å². The molecule has 3 heterocycles. The molecule has 1 aromatic carbocycles.